The van der Waals surface area contributed by atoms with Crippen LogP contribution in [0.3, 0.4) is 0 Å². The molecule has 7 heteroatoms. The molecule has 0 spiro atoms. The third-order valence-corrected chi connectivity index (χ3v) is 5.46. The van der Waals surface area contributed by atoms with Gasteiger partial charge >= 0.3 is 0 Å². The van der Waals surface area contributed by atoms with E-state index in [-0.39, 0.29) is 4.90 Å². The summed E-state index contributed by atoms with van der Waals surface area (Å²) in [6.07, 6.45) is 4.92. The van der Waals surface area contributed by atoms with Crippen LogP contribution in [0.1, 0.15) is 26.7 Å². The first kappa shape index (κ1) is 15.5. The van der Waals surface area contributed by atoms with Gasteiger partial charge in [-0.1, -0.05) is 13.8 Å². The molecule has 2 unspecified atom stereocenters. The van der Waals surface area contributed by atoms with Crippen LogP contribution < -0.4 is 5.73 Å². The molecule has 6 nitrogen and oxygen atoms in total. The lowest BCUT2D eigenvalue weighted by Gasteiger charge is -2.33. The highest BCUT2D eigenvalue weighted by molar-refractivity contribution is 7.89. The minimum absolute atomic E-state index is 0.288. The Morgan fingerprint density at radius 1 is 1.35 bits per heavy atom. The zero-order valence-electron chi connectivity index (χ0n) is 12.2. The maximum absolute atomic E-state index is 12.6. The van der Waals surface area contributed by atoms with Crippen molar-refractivity contribution in [2.45, 2.75) is 38.1 Å². The molecular weight excluding hydrogens is 276 g/mol. The summed E-state index contributed by atoms with van der Waals surface area (Å²) < 4.78 is 28.5. The molecule has 2 atom stereocenters. The zero-order chi connectivity index (χ0) is 14.8. The minimum atomic E-state index is -3.41. The number of aryl methyl sites for hydroxylation is 1. The number of aromatic nitrogens is 2. The van der Waals surface area contributed by atoms with E-state index in [1.54, 1.807) is 15.2 Å². The predicted octanol–water partition coefficient (Wildman–Crippen LogP) is 0.899. The fourth-order valence-electron chi connectivity index (χ4n) is 2.80. The van der Waals surface area contributed by atoms with Gasteiger partial charge in [-0.05, 0) is 31.2 Å². The maximum Gasteiger partial charge on any atom is 0.246 e. The van der Waals surface area contributed by atoms with Gasteiger partial charge in [0.2, 0.25) is 10.0 Å². The highest BCUT2D eigenvalue weighted by Crippen LogP contribution is 2.26. The molecule has 20 heavy (non-hydrogen) atoms. The number of hydrogen-bond acceptors (Lipinski definition) is 4. The minimum Gasteiger partial charge on any atom is -0.330 e. The summed E-state index contributed by atoms with van der Waals surface area (Å²) >= 11 is 0. The third kappa shape index (κ3) is 3.39. The second kappa shape index (κ2) is 6.24. The van der Waals surface area contributed by atoms with Crippen LogP contribution in [0.5, 0.6) is 0 Å². The quantitative estimate of drug-likeness (QED) is 0.876. The van der Waals surface area contributed by atoms with Crippen molar-refractivity contribution >= 4 is 10.0 Å². The second-order valence-electron chi connectivity index (χ2n) is 5.85. The molecule has 1 saturated heterocycles. The second-order valence-corrected chi connectivity index (χ2v) is 7.79. The Kier molecular flexibility index (Phi) is 4.82. The molecule has 2 N–H and O–H groups in total. The summed E-state index contributed by atoms with van der Waals surface area (Å²) in [6.45, 7) is 6.62. The molecule has 1 fully saturated rings. The van der Waals surface area contributed by atoms with E-state index in [0.29, 0.717) is 38.0 Å². The van der Waals surface area contributed by atoms with Gasteiger partial charge in [0.05, 0.1) is 6.20 Å². The van der Waals surface area contributed by atoms with Crippen molar-refractivity contribution in [3.8, 4) is 0 Å². The summed E-state index contributed by atoms with van der Waals surface area (Å²) in [5.74, 6) is 0.807. The maximum atomic E-state index is 12.6. The van der Waals surface area contributed by atoms with Crippen LogP contribution in [-0.2, 0) is 16.6 Å². The van der Waals surface area contributed by atoms with E-state index in [9.17, 15) is 8.42 Å². The molecule has 0 aromatic carbocycles. The molecule has 0 bridgehead atoms. The summed E-state index contributed by atoms with van der Waals surface area (Å²) in [6, 6.07) is 0. The van der Waals surface area contributed by atoms with Gasteiger partial charge in [0.1, 0.15) is 4.90 Å². The number of piperidine rings is 1. The summed E-state index contributed by atoms with van der Waals surface area (Å²) in [7, 11) is -3.41. The first-order valence-corrected chi connectivity index (χ1v) is 8.60. The van der Waals surface area contributed by atoms with Gasteiger partial charge < -0.3 is 5.73 Å². The van der Waals surface area contributed by atoms with Crippen LogP contribution in [0.25, 0.3) is 0 Å². The Morgan fingerprint density at radius 3 is 2.60 bits per heavy atom. The van der Waals surface area contributed by atoms with Crippen LogP contribution in [0.15, 0.2) is 17.3 Å². The van der Waals surface area contributed by atoms with E-state index in [4.69, 9.17) is 5.73 Å². The van der Waals surface area contributed by atoms with Gasteiger partial charge in [-0.2, -0.15) is 9.40 Å². The van der Waals surface area contributed by atoms with Crippen molar-refractivity contribution in [3.63, 3.8) is 0 Å². The molecule has 1 aromatic heterocycles. The summed E-state index contributed by atoms with van der Waals surface area (Å²) in [4.78, 5) is 0.288. The number of sulfonamides is 1. The van der Waals surface area contributed by atoms with Crippen molar-refractivity contribution < 1.29 is 8.42 Å². The Hall–Kier alpha value is -0.920. The van der Waals surface area contributed by atoms with E-state index in [1.807, 2.05) is 0 Å². The van der Waals surface area contributed by atoms with Gasteiger partial charge in [-0.3, -0.25) is 4.68 Å². The van der Waals surface area contributed by atoms with Gasteiger partial charge in [0, 0.05) is 25.8 Å². The van der Waals surface area contributed by atoms with Crippen LogP contribution in [0.4, 0.5) is 0 Å². The Labute approximate surface area is 121 Å². The lowest BCUT2D eigenvalue weighted by Crippen LogP contribution is -2.42. The van der Waals surface area contributed by atoms with Gasteiger partial charge in [-0.25, -0.2) is 8.42 Å². The molecule has 1 aliphatic heterocycles. The monoisotopic (exact) mass is 300 g/mol. The molecule has 0 radical (unpaired) electrons. The van der Waals surface area contributed by atoms with Crippen LogP contribution in [0.2, 0.25) is 0 Å². The third-order valence-electron chi connectivity index (χ3n) is 3.67. The van der Waals surface area contributed by atoms with Gasteiger partial charge in [-0.15, -0.1) is 0 Å². The zero-order valence-corrected chi connectivity index (χ0v) is 13.0. The van der Waals surface area contributed by atoms with Crippen molar-refractivity contribution in [1.82, 2.24) is 14.1 Å². The van der Waals surface area contributed by atoms with Crippen molar-refractivity contribution in [2.24, 2.45) is 17.6 Å². The first-order chi connectivity index (χ1) is 9.43. The number of nitrogens with zero attached hydrogens (tertiary/aromatic N) is 3. The molecule has 1 aliphatic rings. The molecule has 2 heterocycles. The molecule has 0 aliphatic carbocycles. The van der Waals surface area contributed by atoms with Crippen molar-refractivity contribution in [3.05, 3.63) is 12.4 Å². The van der Waals surface area contributed by atoms with Gasteiger partial charge in [0.15, 0.2) is 0 Å². The van der Waals surface area contributed by atoms with Gasteiger partial charge in [0.25, 0.3) is 0 Å². The fourth-order valence-corrected chi connectivity index (χ4v) is 4.44. The van der Waals surface area contributed by atoms with E-state index < -0.39 is 10.0 Å². The predicted molar refractivity (Wildman–Crippen MR) is 77.6 cm³/mol. The Morgan fingerprint density at radius 2 is 2.00 bits per heavy atom. The van der Waals surface area contributed by atoms with Crippen molar-refractivity contribution in [2.75, 3.05) is 19.6 Å². The van der Waals surface area contributed by atoms with Crippen molar-refractivity contribution in [1.29, 1.82) is 0 Å². The fraction of sp³-hybridized carbons (Fsp3) is 0.769. The Bertz CT molecular complexity index is 530. The van der Waals surface area contributed by atoms with E-state index in [0.717, 1.165) is 12.8 Å². The lowest BCUT2D eigenvalue weighted by atomic mass is 9.94. The molecule has 114 valence electrons. The highest BCUT2D eigenvalue weighted by Gasteiger charge is 2.32. The molecule has 2 rings (SSSR count). The van der Waals surface area contributed by atoms with E-state index >= 15 is 0 Å². The standard InChI is InChI=1S/C13H24N4O2S/c1-11-6-12(2)9-17(8-11)20(18,19)13-7-15-16(10-13)5-3-4-14/h7,10-12H,3-6,8-9,14H2,1-2H3. The SMILES string of the molecule is CC1CC(C)CN(S(=O)(=O)c2cnn(CCCN)c2)C1. The number of rotatable bonds is 5. The van der Waals surface area contributed by atoms with E-state index in [1.165, 1.54) is 6.20 Å². The number of nitrogens with two attached hydrogens (primary N) is 1. The van der Waals surface area contributed by atoms with Crippen LogP contribution in [-0.4, -0.2) is 42.1 Å². The largest absolute Gasteiger partial charge is 0.330 e. The number of hydrogen-bond donors (Lipinski definition) is 1. The molecule has 0 saturated carbocycles. The summed E-state index contributed by atoms with van der Waals surface area (Å²) in [5, 5.41) is 4.11. The molecular formula is C13H24N4O2S. The topological polar surface area (TPSA) is 81.2 Å². The molecule has 0 amide bonds. The lowest BCUT2D eigenvalue weighted by molar-refractivity contribution is 0.222. The van der Waals surface area contributed by atoms with Crippen LogP contribution >= 0.6 is 0 Å². The average Bonchev–Trinajstić information content (AvgIpc) is 2.84. The highest BCUT2D eigenvalue weighted by atomic mass is 32.2. The average molecular weight is 300 g/mol. The smallest absolute Gasteiger partial charge is 0.246 e. The normalized spacial score (nSPS) is 24.9. The molecule has 1 aromatic rings. The summed E-state index contributed by atoms with van der Waals surface area (Å²) in [5.41, 5.74) is 5.45. The Balaban J connectivity index is 2.15. The first-order valence-electron chi connectivity index (χ1n) is 7.16. The van der Waals surface area contributed by atoms with Crippen LogP contribution in [0, 0.1) is 11.8 Å². The van der Waals surface area contributed by atoms with E-state index in [2.05, 4.69) is 18.9 Å².